The summed E-state index contributed by atoms with van der Waals surface area (Å²) in [5.74, 6) is 0.0614. The molecule has 2 aliphatic heterocycles. The van der Waals surface area contributed by atoms with Crippen LogP contribution in [0.2, 0.25) is 0 Å². The summed E-state index contributed by atoms with van der Waals surface area (Å²) in [5.41, 5.74) is 6.34. The second-order valence-corrected chi connectivity index (χ2v) is 7.58. The van der Waals surface area contributed by atoms with E-state index in [0.29, 0.717) is 6.42 Å². The van der Waals surface area contributed by atoms with Crippen molar-refractivity contribution < 1.29 is 4.79 Å². The molecular formula is C16H28N8O. The summed E-state index contributed by atoms with van der Waals surface area (Å²) < 4.78 is 1.63. The van der Waals surface area contributed by atoms with Crippen LogP contribution in [0.5, 0.6) is 0 Å². The van der Waals surface area contributed by atoms with Gasteiger partial charge in [0, 0.05) is 18.5 Å². The third kappa shape index (κ3) is 3.54. The molecule has 2 atom stereocenters. The molecule has 0 aromatic carbocycles. The van der Waals surface area contributed by atoms with Gasteiger partial charge in [-0.15, -0.1) is 5.10 Å². The van der Waals surface area contributed by atoms with Gasteiger partial charge in [-0.25, -0.2) is 15.5 Å². The van der Waals surface area contributed by atoms with E-state index in [1.165, 1.54) is 58.0 Å². The van der Waals surface area contributed by atoms with E-state index in [2.05, 4.69) is 36.6 Å². The van der Waals surface area contributed by atoms with Gasteiger partial charge in [0.05, 0.1) is 0 Å². The maximum Gasteiger partial charge on any atom is 0.238 e. The molecule has 3 heterocycles. The zero-order valence-electron chi connectivity index (χ0n) is 14.7. The van der Waals surface area contributed by atoms with E-state index in [1.807, 2.05) is 0 Å². The van der Waals surface area contributed by atoms with Crippen molar-refractivity contribution in [1.82, 2.24) is 41.3 Å². The van der Waals surface area contributed by atoms with E-state index in [9.17, 15) is 4.79 Å². The van der Waals surface area contributed by atoms with Gasteiger partial charge in [-0.3, -0.25) is 9.69 Å². The van der Waals surface area contributed by atoms with Crippen LogP contribution in [0.25, 0.3) is 0 Å². The van der Waals surface area contributed by atoms with Gasteiger partial charge in [-0.1, -0.05) is 19.3 Å². The van der Waals surface area contributed by atoms with E-state index in [-0.39, 0.29) is 23.7 Å². The summed E-state index contributed by atoms with van der Waals surface area (Å²) in [7, 11) is 0. The second-order valence-electron chi connectivity index (χ2n) is 7.58. The molecule has 3 N–H and O–H groups in total. The topological polar surface area (TPSA) is 100 Å². The molecule has 0 radical (unpaired) electrons. The molecular weight excluding hydrogens is 320 g/mol. The molecule has 9 nitrogen and oxygen atoms in total. The first-order chi connectivity index (χ1) is 12.3. The second kappa shape index (κ2) is 7.35. The Labute approximate surface area is 147 Å². The van der Waals surface area contributed by atoms with Crippen LogP contribution < -0.4 is 16.2 Å². The van der Waals surface area contributed by atoms with Crippen LogP contribution in [0, 0.1) is 0 Å². The highest BCUT2D eigenvalue weighted by atomic mass is 16.2. The lowest BCUT2D eigenvalue weighted by atomic mass is 9.92. The van der Waals surface area contributed by atoms with Gasteiger partial charge in [0.15, 0.2) is 0 Å². The van der Waals surface area contributed by atoms with Gasteiger partial charge in [-0.05, 0) is 49.2 Å². The van der Waals surface area contributed by atoms with Crippen LogP contribution in [0.3, 0.4) is 0 Å². The number of amides is 1. The number of nitrogens with one attached hydrogen (secondary N) is 3. The molecule has 1 aromatic rings. The lowest BCUT2D eigenvalue weighted by Gasteiger charge is -2.44. The summed E-state index contributed by atoms with van der Waals surface area (Å²) in [6, 6.07) is -0.256. The largest absolute Gasteiger partial charge is 0.353 e. The first-order valence-electron chi connectivity index (χ1n) is 9.53. The van der Waals surface area contributed by atoms with Crippen molar-refractivity contribution in [3.63, 3.8) is 0 Å². The normalized spacial score (nSPS) is 29.8. The predicted octanol–water partition coefficient (Wildman–Crippen LogP) is -0.0469. The number of piperidine rings is 1. The molecule has 9 heteroatoms. The third-order valence-corrected chi connectivity index (χ3v) is 6.04. The number of carbonyl (C=O) groups excluding carboxylic acids is 1. The average molecular weight is 348 g/mol. The molecule has 0 spiro atoms. The minimum Gasteiger partial charge on any atom is -0.353 e. The summed E-state index contributed by atoms with van der Waals surface area (Å²) in [6.07, 6.45) is 11.0. The Morgan fingerprint density at radius 3 is 2.68 bits per heavy atom. The molecule has 25 heavy (non-hydrogen) atoms. The van der Waals surface area contributed by atoms with Crippen molar-refractivity contribution in [3.8, 4) is 0 Å². The van der Waals surface area contributed by atoms with Crippen molar-refractivity contribution in [2.24, 2.45) is 0 Å². The van der Waals surface area contributed by atoms with Crippen LogP contribution >= 0.6 is 0 Å². The molecule has 2 saturated heterocycles. The van der Waals surface area contributed by atoms with Gasteiger partial charge in [0.2, 0.25) is 5.91 Å². The van der Waals surface area contributed by atoms with Crippen molar-refractivity contribution in [2.45, 2.75) is 69.1 Å². The number of nitrogens with zero attached hydrogens (tertiary/aromatic N) is 5. The van der Waals surface area contributed by atoms with E-state index in [1.54, 1.807) is 11.0 Å². The first kappa shape index (κ1) is 16.9. The molecule has 1 aliphatic carbocycles. The van der Waals surface area contributed by atoms with E-state index in [0.717, 1.165) is 6.54 Å². The van der Waals surface area contributed by atoms with Gasteiger partial charge >= 0.3 is 0 Å². The number of hydrogen-bond acceptors (Lipinski definition) is 7. The van der Waals surface area contributed by atoms with Crippen LogP contribution in [-0.4, -0.2) is 62.2 Å². The van der Waals surface area contributed by atoms with Gasteiger partial charge in [0.1, 0.15) is 18.5 Å². The number of aromatic nitrogens is 4. The van der Waals surface area contributed by atoms with Gasteiger partial charge < -0.3 is 5.32 Å². The molecule has 1 saturated carbocycles. The molecule has 1 aromatic heterocycles. The lowest BCUT2D eigenvalue weighted by molar-refractivity contribution is -0.123. The van der Waals surface area contributed by atoms with Crippen LogP contribution in [0.15, 0.2) is 6.33 Å². The summed E-state index contributed by atoms with van der Waals surface area (Å²) in [4.78, 5) is 15.3. The van der Waals surface area contributed by atoms with E-state index < -0.39 is 0 Å². The standard InChI is InChI=1S/C16H28N8O/c25-15(13-10-14(20-19-13)24-12-18-21-22-24)17-11-16(6-2-3-7-16)23-8-4-1-5-9-23/h12-14,19-20H,1-11H2,(H,17,25). The molecule has 3 fully saturated rings. The van der Waals surface area contributed by atoms with Gasteiger partial charge in [0.25, 0.3) is 0 Å². The molecule has 4 rings (SSSR count). The lowest BCUT2D eigenvalue weighted by Crippen LogP contribution is -2.57. The van der Waals surface area contributed by atoms with Crippen LogP contribution in [0.4, 0.5) is 0 Å². The van der Waals surface area contributed by atoms with Gasteiger partial charge in [-0.2, -0.15) is 0 Å². The minimum absolute atomic E-state index is 0.0614. The fourth-order valence-electron chi connectivity index (χ4n) is 4.58. The van der Waals surface area contributed by atoms with Crippen LogP contribution in [0.1, 0.15) is 57.5 Å². The van der Waals surface area contributed by atoms with Crippen molar-refractivity contribution >= 4 is 5.91 Å². The number of rotatable bonds is 5. The maximum atomic E-state index is 12.6. The summed E-state index contributed by atoms with van der Waals surface area (Å²) in [5, 5.41) is 14.4. The summed E-state index contributed by atoms with van der Waals surface area (Å²) >= 11 is 0. The Hall–Kier alpha value is -1.58. The number of hydrogen-bond donors (Lipinski definition) is 3. The maximum absolute atomic E-state index is 12.6. The average Bonchev–Trinajstić information content (AvgIpc) is 3.42. The molecule has 3 aliphatic rings. The number of likely N-dealkylation sites (tertiary alicyclic amines) is 1. The number of carbonyl (C=O) groups is 1. The summed E-state index contributed by atoms with van der Waals surface area (Å²) in [6.45, 7) is 3.13. The highest BCUT2D eigenvalue weighted by Crippen LogP contribution is 2.36. The Balaban J connectivity index is 1.33. The Bertz CT molecular complexity index is 565. The predicted molar refractivity (Wildman–Crippen MR) is 91.2 cm³/mol. The quantitative estimate of drug-likeness (QED) is 0.686. The molecule has 2 unspecified atom stereocenters. The third-order valence-electron chi connectivity index (χ3n) is 6.04. The minimum atomic E-state index is -0.256. The Morgan fingerprint density at radius 1 is 1.16 bits per heavy atom. The van der Waals surface area contributed by atoms with Crippen molar-refractivity contribution in [3.05, 3.63) is 6.33 Å². The smallest absolute Gasteiger partial charge is 0.238 e. The van der Waals surface area contributed by atoms with E-state index in [4.69, 9.17) is 0 Å². The fraction of sp³-hybridized carbons (Fsp3) is 0.875. The molecule has 0 bridgehead atoms. The molecule has 138 valence electrons. The Morgan fingerprint density at radius 2 is 1.96 bits per heavy atom. The van der Waals surface area contributed by atoms with Crippen LogP contribution in [-0.2, 0) is 4.79 Å². The number of tetrazole rings is 1. The SMILES string of the molecule is O=C(NCC1(N2CCCCC2)CCCC1)C1CC(n2cnnn2)NN1. The first-order valence-corrected chi connectivity index (χ1v) is 9.53. The van der Waals surface area contributed by atoms with E-state index >= 15 is 0 Å². The highest BCUT2D eigenvalue weighted by molar-refractivity contribution is 5.82. The fourth-order valence-corrected chi connectivity index (χ4v) is 4.58. The zero-order chi connectivity index (χ0) is 17.1. The molecule has 1 amide bonds. The Kier molecular flexibility index (Phi) is 4.96. The van der Waals surface area contributed by atoms with Crippen molar-refractivity contribution in [1.29, 1.82) is 0 Å². The highest BCUT2D eigenvalue weighted by Gasteiger charge is 2.41. The number of hydrazine groups is 1. The monoisotopic (exact) mass is 348 g/mol. The zero-order valence-corrected chi connectivity index (χ0v) is 14.7. The van der Waals surface area contributed by atoms with Crippen molar-refractivity contribution in [2.75, 3.05) is 19.6 Å².